The third kappa shape index (κ3) is 3.17. The Morgan fingerprint density at radius 2 is 2.15 bits per heavy atom. The zero-order valence-corrected chi connectivity index (χ0v) is 14.8. The number of aryl methyl sites for hydroxylation is 2. The van der Waals surface area contributed by atoms with Gasteiger partial charge in [0.05, 0.1) is 32.9 Å². The molecule has 2 heterocycles. The third-order valence-electron chi connectivity index (χ3n) is 4.50. The van der Waals surface area contributed by atoms with Crippen molar-refractivity contribution in [1.82, 2.24) is 15.0 Å². The van der Waals surface area contributed by atoms with Crippen molar-refractivity contribution in [2.45, 2.75) is 32.1 Å². The normalized spacial score (nSPS) is 13.5. The van der Waals surface area contributed by atoms with E-state index in [1.807, 2.05) is 0 Å². The topological polar surface area (TPSA) is 114 Å². The van der Waals surface area contributed by atoms with Crippen molar-refractivity contribution in [2.24, 2.45) is 0 Å². The van der Waals surface area contributed by atoms with E-state index in [2.05, 4.69) is 20.3 Å². The largest absolute Gasteiger partial charge is 0.379 e. The predicted octanol–water partition coefficient (Wildman–Crippen LogP) is 2.82. The Balaban J connectivity index is 1.54. The number of hydrogen-bond acceptors (Lipinski definition) is 7. The number of rotatable bonds is 5. The van der Waals surface area contributed by atoms with Gasteiger partial charge in [0, 0.05) is 23.9 Å². The van der Waals surface area contributed by atoms with Gasteiger partial charge in [0.2, 0.25) is 0 Å². The summed E-state index contributed by atoms with van der Waals surface area (Å²) < 4.78 is 0. The number of thiazole rings is 1. The molecule has 26 heavy (non-hydrogen) atoms. The van der Waals surface area contributed by atoms with Crippen molar-refractivity contribution in [3.63, 3.8) is 0 Å². The quantitative estimate of drug-likeness (QED) is 0.526. The molecule has 0 amide bonds. The SMILES string of the molecule is O=c1[nH]cnc2cc(NCCc3nc4c(s3)CCCC4)c([N+](=O)[O-])cc12. The maximum Gasteiger partial charge on any atom is 0.293 e. The fraction of sp³-hybridized carbons (Fsp3) is 0.353. The van der Waals surface area contributed by atoms with Gasteiger partial charge in [-0.25, -0.2) is 9.97 Å². The van der Waals surface area contributed by atoms with Crippen molar-refractivity contribution in [3.05, 3.63) is 54.5 Å². The first-order valence-electron chi connectivity index (χ1n) is 8.49. The van der Waals surface area contributed by atoms with Gasteiger partial charge >= 0.3 is 0 Å². The van der Waals surface area contributed by atoms with Crippen molar-refractivity contribution < 1.29 is 4.92 Å². The summed E-state index contributed by atoms with van der Waals surface area (Å²) in [6, 6.07) is 2.82. The highest BCUT2D eigenvalue weighted by Gasteiger charge is 2.18. The molecule has 8 nitrogen and oxygen atoms in total. The summed E-state index contributed by atoms with van der Waals surface area (Å²) in [6.45, 7) is 0.530. The first-order chi connectivity index (χ1) is 12.6. The number of nitro groups is 1. The Morgan fingerprint density at radius 3 is 2.96 bits per heavy atom. The van der Waals surface area contributed by atoms with Crippen LogP contribution in [-0.4, -0.2) is 26.4 Å². The summed E-state index contributed by atoms with van der Waals surface area (Å²) in [5, 5.41) is 15.7. The minimum atomic E-state index is -0.490. The standard InChI is InChI=1S/C17H17N5O3S/c23-17-10-7-14(22(24)25)13(8-12(10)19-9-20-17)18-6-5-16-21-11-3-1-2-4-15(11)26-16/h7-9,18H,1-6H2,(H,19,20,23). The molecule has 0 radical (unpaired) electrons. The van der Waals surface area contributed by atoms with Crippen LogP contribution in [0.3, 0.4) is 0 Å². The first-order valence-corrected chi connectivity index (χ1v) is 9.30. The van der Waals surface area contributed by atoms with Crippen LogP contribution >= 0.6 is 11.3 Å². The van der Waals surface area contributed by atoms with Gasteiger partial charge < -0.3 is 10.3 Å². The average molecular weight is 371 g/mol. The van der Waals surface area contributed by atoms with Crippen molar-refractivity contribution in [2.75, 3.05) is 11.9 Å². The number of aromatic nitrogens is 3. The van der Waals surface area contributed by atoms with E-state index in [0.29, 0.717) is 24.2 Å². The predicted molar refractivity (Wildman–Crippen MR) is 100.0 cm³/mol. The number of H-pyrrole nitrogens is 1. The molecule has 4 rings (SSSR count). The van der Waals surface area contributed by atoms with Crippen LogP contribution in [0.15, 0.2) is 23.3 Å². The Hall–Kier alpha value is -2.81. The van der Waals surface area contributed by atoms with Crippen LogP contribution < -0.4 is 10.9 Å². The lowest BCUT2D eigenvalue weighted by Crippen LogP contribution is -2.10. The zero-order valence-electron chi connectivity index (χ0n) is 13.9. The van der Waals surface area contributed by atoms with Crippen LogP contribution in [0.2, 0.25) is 0 Å². The molecular weight excluding hydrogens is 354 g/mol. The lowest BCUT2D eigenvalue weighted by molar-refractivity contribution is -0.383. The molecule has 1 aliphatic carbocycles. The number of nitrogens with one attached hydrogen (secondary N) is 2. The van der Waals surface area contributed by atoms with Gasteiger partial charge in [0.25, 0.3) is 11.2 Å². The number of anilines is 1. The molecule has 0 fully saturated rings. The molecule has 9 heteroatoms. The molecule has 0 aliphatic heterocycles. The van der Waals surface area contributed by atoms with Gasteiger partial charge in [-0.15, -0.1) is 11.3 Å². The van der Waals surface area contributed by atoms with Crippen LogP contribution in [0.4, 0.5) is 11.4 Å². The van der Waals surface area contributed by atoms with Crippen LogP contribution in [-0.2, 0) is 19.3 Å². The number of benzene rings is 1. The minimum absolute atomic E-state index is 0.130. The van der Waals surface area contributed by atoms with Gasteiger partial charge in [0.15, 0.2) is 0 Å². The Labute approximate surface area is 152 Å². The molecule has 0 bridgehead atoms. The fourth-order valence-electron chi connectivity index (χ4n) is 3.21. The molecule has 0 spiro atoms. The van der Waals surface area contributed by atoms with Gasteiger partial charge in [-0.3, -0.25) is 14.9 Å². The van der Waals surface area contributed by atoms with E-state index in [1.54, 1.807) is 17.4 Å². The molecule has 2 N–H and O–H groups in total. The Bertz CT molecular complexity index is 1020. The Kier molecular flexibility index (Phi) is 4.37. The Morgan fingerprint density at radius 1 is 1.31 bits per heavy atom. The molecule has 0 saturated carbocycles. The molecule has 0 saturated heterocycles. The van der Waals surface area contributed by atoms with Crippen LogP contribution in [0.1, 0.15) is 28.4 Å². The van der Waals surface area contributed by atoms with E-state index in [9.17, 15) is 14.9 Å². The molecule has 0 unspecified atom stereocenters. The summed E-state index contributed by atoms with van der Waals surface area (Å²) in [4.78, 5) is 35.3. The summed E-state index contributed by atoms with van der Waals surface area (Å²) in [5.74, 6) is 0. The smallest absolute Gasteiger partial charge is 0.293 e. The van der Waals surface area contributed by atoms with E-state index in [-0.39, 0.29) is 11.1 Å². The van der Waals surface area contributed by atoms with Crippen molar-refractivity contribution in [1.29, 1.82) is 0 Å². The highest BCUT2D eigenvalue weighted by Crippen LogP contribution is 2.29. The van der Waals surface area contributed by atoms with Crippen LogP contribution in [0.5, 0.6) is 0 Å². The lowest BCUT2D eigenvalue weighted by atomic mass is 10.0. The summed E-state index contributed by atoms with van der Waals surface area (Å²) in [6.07, 6.45) is 6.58. The first kappa shape index (κ1) is 16.6. The second-order valence-corrected chi connectivity index (χ2v) is 7.40. The van der Waals surface area contributed by atoms with E-state index in [0.717, 1.165) is 17.8 Å². The number of hydrogen-bond donors (Lipinski definition) is 2. The summed E-state index contributed by atoms with van der Waals surface area (Å²) >= 11 is 1.74. The van der Waals surface area contributed by atoms with Gasteiger partial charge in [0.1, 0.15) is 5.69 Å². The number of aromatic amines is 1. The second-order valence-electron chi connectivity index (χ2n) is 6.24. The highest BCUT2D eigenvalue weighted by atomic mass is 32.1. The fourth-order valence-corrected chi connectivity index (χ4v) is 4.37. The maximum absolute atomic E-state index is 11.8. The molecule has 134 valence electrons. The maximum atomic E-state index is 11.8. The zero-order chi connectivity index (χ0) is 18.1. The van der Waals surface area contributed by atoms with E-state index >= 15 is 0 Å². The van der Waals surface area contributed by atoms with Crippen molar-refractivity contribution in [3.8, 4) is 0 Å². The van der Waals surface area contributed by atoms with Crippen molar-refractivity contribution >= 4 is 33.6 Å². The molecule has 2 aromatic heterocycles. The molecule has 1 aliphatic rings. The number of fused-ring (bicyclic) bond motifs is 2. The van der Waals surface area contributed by atoms with E-state index in [4.69, 9.17) is 0 Å². The van der Waals surface area contributed by atoms with Crippen LogP contribution in [0, 0.1) is 10.1 Å². The van der Waals surface area contributed by atoms with Gasteiger partial charge in [-0.1, -0.05) is 0 Å². The second kappa shape index (κ2) is 6.83. The van der Waals surface area contributed by atoms with E-state index in [1.165, 1.54) is 35.8 Å². The average Bonchev–Trinajstić information content (AvgIpc) is 3.04. The lowest BCUT2D eigenvalue weighted by Gasteiger charge is -2.07. The minimum Gasteiger partial charge on any atom is -0.379 e. The summed E-state index contributed by atoms with van der Waals surface area (Å²) in [5.41, 5.74) is 1.48. The highest BCUT2D eigenvalue weighted by molar-refractivity contribution is 7.11. The van der Waals surface area contributed by atoms with Crippen LogP contribution in [0.25, 0.3) is 10.9 Å². The molecule has 0 atom stereocenters. The monoisotopic (exact) mass is 371 g/mol. The number of nitrogens with zero attached hydrogens (tertiary/aromatic N) is 3. The van der Waals surface area contributed by atoms with Gasteiger partial charge in [-0.05, 0) is 31.7 Å². The molecular formula is C17H17N5O3S. The summed E-state index contributed by atoms with van der Waals surface area (Å²) in [7, 11) is 0. The van der Waals surface area contributed by atoms with E-state index < -0.39 is 10.5 Å². The van der Waals surface area contributed by atoms with Gasteiger partial charge in [-0.2, -0.15) is 0 Å². The molecule has 1 aromatic carbocycles. The number of nitro benzene ring substituents is 1. The molecule has 3 aromatic rings. The third-order valence-corrected chi connectivity index (χ3v) is 5.72.